The summed E-state index contributed by atoms with van der Waals surface area (Å²) in [5.74, 6) is 0. The predicted octanol–water partition coefficient (Wildman–Crippen LogP) is 9.15. The Kier molecular flexibility index (Phi) is 4.87. The van der Waals surface area contributed by atoms with Gasteiger partial charge in [-0.15, -0.1) is 11.3 Å². The van der Waals surface area contributed by atoms with Crippen LogP contribution in [0.4, 0.5) is 0 Å². The SMILES string of the molecule is Cc1nc2cc3oc4c(-c5cc(-c6c(C)cccc6C)c(C(C)(C)C)cn5)cccc4c3cc2s1. The summed E-state index contributed by atoms with van der Waals surface area (Å²) in [6.45, 7) is 13.2. The fourth-order valence-corrected chi connectivity index (χ4v) is 6.03. The van der Waals surface area contributed by atoms with Gasteiger partial charge in [0.05, 0.1) is 20.9 Å². The molecule has 3 aromatic heterocycles. The monoisotopic (exact) mass is 476 g/mol. The molecule has 35 heavy (non-hydrogen) atoms. The topological polar surface area (TPSA) is 38.9 Å². The van der Waals surface area contributed by atoms with E-state index in [1.54, 1.807) is 11.3 Å². The molecule has 0 unspecified atom stereocenters. The summed E-state index contributed by atoms with van der Waals surface area (Å²) < 4.78 is 7.66. The molecule has 0 radical (unpaired) electrons. The van der Waals surface area contributed by atoms with E-state index in [1.165, 1.54) is 32.5 Å². The third kappa shape index (κ3) is 3.55. The van der Waals surface area contributed by atoms with E-state index in [4.69, 9.17) is 9.40 Å². The number of rotatable bonds is 2. The van der Waals surface area contributed by atoms with Crippen LogP contribution in [0.15, 0.2) is 65.2 Å². The number of aryl methyl sites for hydroxylation is 3. The third-order valence-electron chi connectivity index (χ3n) is 6.85. The molecule has 6 rings (SSSR count). The minimum absolute atomic E-state index is 0.0299. The van der Waals surface area contributed by atoms with Gasteiger partial charge in [-0.2, -0.15) is 0 Å². The largest absolute Gasteiger partial charge is 0.455 e. The van der Waals surface area contributed by atoms with Crippen LogP contribution in [0.5, 0.6) is 0 Å². The maximum atomic E-state index is 6.47. The smallest absolute Gasteiger partial charge is 0.144 e. The maximum Gasteiger partial charge on any atom is 0.144 e. The molecule has 0 saturated carbocycles. The van der Waals surface area contributed by atoms with Gasteiger partial charge >= 0.3 is 0 Å². The molecule has 174 valence electrons. The third-order valence-corrected chi connectivity index (χ3v) is 7.79. The first-order valence-electron chi connectivity index (χ1n) is 12.0. The lowest BCUT2D eigenvalue weighted by Crippen LogP contribution is -2.14. The van der Waals surface area contributed by atoms with Gasteiger partial charge in [-0.25, -0.2) is 4.98 Å². The number of para-hydroxylation sites is 1. The lowest BCUT2D eigenvalue weighted by Gasteiger charge is -2.25. The molecule has 3 nitrogen and oxygen atoms in total. The van der Waals surface area contributed by atoms with Crippen LogP contribution in [-0.4, -0.2) is 9.97 Å². The van der Waals surface area contributed by atoms with Crippen molar-refractivity contribution >= 4 is 43.5 Å². The standard InChI is InChI=1S/C31H28N2OS/c1-17-9-7-10-18(2)29(17)23-13-25(32-16-24(23)31(4,5)6)21-12-8-11-20-22-14-28-26(33-19(3)35-28)15-27(22)34-30(20)21/h7-16H,1-6H3. The van der Waals surface area contributed by atoms with E-state index in [2.05, 4.69) is 100 Å². The van der Waals surface area contributed by atoms with E-state index >= 15 is 0 Å². The zero-order valence-corrected chi connectivity index (χ0v) is 21.8. The fourth-order valence-electron chi connectivity index (χ4n) is 5.18. The molecule has 0 spiro atoms. The second-order valence-corrected chi connectivity index (χ2v) is 11.7. The van der Waals surface area contributed by atoms with Crippen LogP contribution in [0, 0.1) is 20.8 Å². The molecule has 0 amide bonds. The van der Waals surface area contributed by atoms with E-state index in [-0.39, 0.29) is 5.41 Å². The molecule has 0 saturated heterocycles. The first-order valence-corrected chi connectivity index (χ1v) is 12.8. The van der Waals surface area contributed by atoms with Crippen LogP contribution in [-0.2, 0) is 5.41 Å². The van der Waals surface area contributed by atoms with Crippen molar-refractivity contribution < 1.29 is 4.42 Å². The number of fused-ring (bicyclic) bond motifs is 4. The van der Waals surface area contributed by atoms with Crippen molar-refractivity contribution in [3.63, 3.8) is 0 Å². The van der Waals surface area contributed by atoms with Gasteiger partial charge in [0.15, 0.2) is 0 Å². The van der Waals surface area contributed by atoms with E-state index in [0.717, 1.165) is 43.7 Å². The number of hydrogen-bond acceptors (Lipinski definition) is 4. The van der Waals surface area contributed by atoms with Gasteiger partial charge in [-0.1, -0.05) is 51.1 Å². The Balaban J connectivity index is 1.62. The first kappa shape index (κ1) is 22.0. The van der Waals surface area contributed by atoms with Gasteiger partial charge in [0.2, 0.25) is 0 Å². The van der Waals surface area contributed by atoms with Crippen LogP contribution < -0.4 is 0 Å². The Labute approximate surface area is 209 Å². The molecule has 4 heteroatoms. The zero-order chi connectivity index (χ0) is 24.5. The summed E-state index contributed by atoms with van der Waals surface area (Å²) in [5, 5.41) is 3.31. The number of aromatic nitrogens is 2. The first-order chi connectivity index (χ1) is 16.7. The highest BCUT2D eigenvalue weighted by Crippen LogP contribution is 2.41. The number of hydrogen-bond donors (Lipinski definition) is 0. The molecule has 0 N–H and O–H groups in total. The number of nitrogens with zero attached hydrogens (tertiary/aromatic N) is 2. The van der Waals surface area contributed by atoms with Gasteiger partial charge in [0.1, 0.15) is 11.2 Å². The normalized spacial score (nSPS) is 12.3. The lowest BCUT2D eigenvalue weighted by atomic mass is 9.80. The summed E-state index contributed by atoms with van der Waals surface area (Å²) >= 11 is 1.72. The van der Waals surface area contributed by atoms with E-state index in [1.807, 2.05) is 6.92 Å². The van der Waals surface area contributed by atoms with Crippen LogP contribution in [0.25, 0.3) is 54.5 Å². The van der Waals surface area contributed by atoms with Crippen molar-refractivity contribution in [1.82, 2.24) is 9.97 Å². The van der Waals surface area contributed by atoms with Crippen molar-refractivity contribution in [3.05, 3.63) is 82.5 Å². The summed E-state index contributed by atoms with van der Waals surface area (Å²) in [5.41, 5.74) is 11.0. The molecule has 0 bridgehead atoms. The van der Waals surface area contributed by atoms with Crippen molar-refractivity contribution in [2.45, 2.75) is 47.0 Å². The minimum Gasteiger partial charge on any atom is -0.455 e. The van der Waals surface area contributed by atoms with Gasteiger partial charge < -0.3 is 4.42 Å². The zero-order valence-electron chi connectivity index (χ0n) is 21.0. The Bertz CT molecular complexity index is 1740. The van der Waals surface area contributed by atoms with E-state index in [0.29, 0.717) is 0 Å². The molecule has 3 aromatic carbocycles. The van der Waals surface area contributed by atoms with Gasteiger partial charge in [-0.3, -0.25) is 4.98 Å². The molecule has 3 heterocycles. The Hall–Kier alpha value is -3.50. The van der Waals surface area contributed by atoms with Crippen LogP contribution in [0.1, 0.15) is 42.5 Å². The summed E-state index contributed by atoms with van der Waals surface area (Å²) in [6, 6.07) is 19.4. The van der Waals surface area contributed by atoms with Crippen LogP contribution in [0.3, 0.4) is 0 Å². The van der Waals surface area contributed by atoms with Gasteiger partial charge in [-0.05, 0) is 72.2 Å². The van der Waals surface area contributed by atoms with Gasteiger partial charge in [0, 0.05) is 28.6 Å². The predicted molar refractivity (Wildman–Crippen MR) is 148 cm³/mol. The summed E-state index contributed by atoms with van der Waals surface area (Å²) in [6.07, 6.45) is 2.06. The van der Waals surface area contributed by atoms with E-state index < -0.39 is 0 Å². The summed E-state index contributed by atoms with van der Waals surface area (Å²) in [7, 11) is 0. The summed E-state index contributed by atoms with van der Waals surface area (Å²) in [4.78, 5) is 9.62. The highest BCUT2D eigenvalue weighted by atomic mass is 32.1. The maximum absolute atomic E-state index is 6.47. The molecular weight excluding hydrogens is 448 g/mol. The highest BCUT2D eigenvalue weighted by Gasteiger charge is 2.23. The van der Waals surface area contributed by atoms with E-state index in [9.17, 15) is 0 Å². The molecule has 0 atom stereocenters. The second-order valence-electron chi connectivity index (χ2n) is 10.5. The number of furan rings is 1. The molecule has 0 fully saturated rings. The number of pyridine rings is 1. The molecule has 0 aliphatic carbocycles. The Morgan fingerprint density at radius 2 is 1.57 bits per heavy atom. The highest BCUT2D eigenvalue weighted by molar-refractivity contribution is 7.18. The van der Waals surface area contributed by atoms with Crippen molar-refractivity contribution in [2.24, 2.45) is 0 Å². The number of benzene rings is 3. The molecule has 0 aliphatic rings. The van der Waals surface area contributed by atoms with Crippen molar-refractivity contribution in [3.8, 4) is 22.4 Å². The number of thiazole rings is 1. The van der Waals surface area contributed by atoms with Crippen LogP contribution >= 0.6 is 11.3 Å². The molecule has 6 aromatic rings. The lowest BCUT2D eigenvalue weighted by molar-refractivity contribution is 0.589. The van der Waals surface area contributed by atoms with Crippen molar-refractivity contribution in [2.75, 3.05) is 0 Å². The minimum atomic E-state index is -0.0299. The molecule has 0 aliphatic heterocycles. The average Bonchev–Trinajstić information content (AvgIpc) is 3.34. The van der Waals surface area contributed by atoms with Gasteiger partial charge in [0.25, 0.3) is 0 Å². The average molecular weight is 477 g/mol. The molecular formula is C31H28N2OS. The quantitative estimate of drug-likeness (QED) is 0.250. The van der Waals surface area contributed by atoms with Crippen molar-refractivity contribution in [1.29, 1.82) is 0 Å². The Morgan fingerprint density at radius 1 is 0.829 bits per heavy atom. The Morgan fingerprint density at radius 3 is 2.31 bits per heavy atom. The fraction of sp³-hybridized carbons (Fsp3) is 0.226. The second kappa shape index (κ2) is 7.76. The van der Waals surface area contributed by atoms with Crippen LogP contribution in [0.2, 0.25) is 0 Å².